The Morgan fingerprint density at radius 1 is 1.35 bits per heavy atom. The number of halogens is 1. The van der Waals surface area contributed by atoms with Crippen molar-refractivity contribution in [3.63, 3.8) is 0 Å². The highest BCUT2D eigenvalue weighted by molar-refractivity contribution is 6.31. The van der Waals surface area contributed by atoms with Crippen LogP contribution in [0.2, 0.25) is 5.02 Å². The predicted octanol–water partition coefficient (Wildman–Crippen LogP) is 2.97. The van der Waals surface area contributed by atoms with Crippen LogP contribution in [0.5, 0.6) is 5.75 Å². The van der Waals surface area contributed by atoms with E-state index in [0.29, 0.717) is 16.7 Å². The van der Waals surface area contributed by atoms with Crippen molar-refractivity contribution in [1.82, 2.24) is 14.5 Å². The highest BCUT2D eigenvalue weighted by Gasteiger charge is 2.15. The molecule has 0 aliphatic rings. The van der Waals surface area contributed by atoms with Crippen molar-refractivity contribution in [2.75, 3.05) is 12.8 Å². The maximum atomic E-state index is 6.14. The van der Waals surface area contributed by atoms with Gasteiger partial charge in [-0.15, -0.1) is 0 Å². The average Bonchev–Trinajstić information content (AvgIpc) is 2.77. The third-order valence-corrected chi connectivity index (χ3v) is 3.59. The number of nitrogens with zero attached hydrogens (tertiary/aromatic N) is 3. The monoisotopic (exact) mass is 288 g/mol. The summed E-state index contributed by atoms with van der Waals surface area (Å²) >= 11 is 6.14. The Bertz CT molecular complexity index is 797. The first-order valence-electron chi connectivity index (χ1n) is 6.04. The van der Waals surface area contributed by atoms with Crippen LogP contribution in [0.15, 0.2) is 30.6 Å². The van der Waals surface area contributed by atoms with Crippen LogP contribution in [0.25, 0.3) is 16.7 Å². The SMILES string of the molecule is COc1cc(Cl)c(C)cc1-n1c(N)nc2cnccc21. The van der Waals surface area contributed by atoms with Gasteiger partial charge >= 0.3 is 0 Å². The van der Waals surface area contributed by atoms with Crippen LogP contribution in [0.1, 0.15) is 5.56 Å². The third-order valence-electron chi connectivity index (χ3n) is 3.18. The van der Waals surface area contributed by atoms with Gasteiger partial charge in [0.25, 0.3) is 0 Å². The summed E-state index contributed by atoms with van der Waals surface area (Å²) < 4.78 is 7.24. The van der Waals surface area contributed by atoms with Crippen LogP contribution in [-0.2, 0) is 0 Å². The number of imidazole rings is 1. The number of hydrogen-bond acceptors (Lipinski definition) is 4. The van der Waals surface area contributed by atoms with Crippen molar-refractivity contribution in [2.45, 2.75) is 6.92 Å². The summed E-state index contributed by atoms with van der Waals surface area (Å²) in [6, 6.07) is 5.57. The summed E-state index contributed by atoms with van der Waals surface area (Å²) in [6.07, 6.45) is 3.38. The van der Waals surface area contributed by atoms with Gasteiger partial charge in [0.05, 0.1) is 24.5 Å². The van der Waals surface area contributed by atoms with Gasteiger partial charge in [-0.3, -0.25) is 9.55 Å². The molecule has 2 heterocycles. The molecule has 0 amide bonds. The lowest BCUT2D eigenvalue weighted by Gasteiger charge is -2.13. The maximum Gasteiger partial charge on any atom is 0.206 e. The molecule has 102 valence electrons. The number of fused-ring (bicyclic) bond motifs is 1. The number of ether oxygens (including phenoxy) is 1. The number of hydrogen-bond donors (Lipinski definition) is 1. The number of aryl methyl sites for hydroxylation is 1. The highest BCUT2D eigenvalue weighted by atomic mass is 35.5. The molecule has 0 bridgehead atoms. The topological polar surface area (TPSA) is 66.0 Å². The fourth-order valence-electron chi connectivity index (χ4n) is 2.19. The van der Waals surface area contributed by atoms with Crippen LogP contribution >= 0.6 is 11.6 Å². The smallest absolute Gasteiger partial charge is 0.206 e. The van der Waals surface area contributed by atoms with E-state index in [0.717, 1.165) is 22.3 Å². The van der Waals surface area contributed by atoms with Crippen molar-refractivity contribution >= 4 is 28.6 Å². The van der Waals surface area contributed by atoms with Crippen molar-refractivity contribution in [2.24, 2.45) is 0 Å². The van der Waals surface area contributed by atoms with Gasteiger partial charge in [-0.2, -0.15) is 0 Å². The zero-order chi connectivity index (χ0) is 14.3. The second-order valence-electron chi connectivity index (χ2n) is 4.44. The molecule has 3 aromatic rings. The van der Waals surface area contributed by atoms with Gasteiger partial charge in [0.15, 0.2) is 0 Å². The van der Waals surface area contributed by atoms with Crippen molar-refractivity contribution in [3.8, 4) is 11.4 Å². The van der Waals surface area contributed by atoms with E-state index in [9.17, 15) is 0 Å². The predicted molar refractivity (Wildman–Crippen MR) is 79.6 cm³/mol. The summed E-state index contributed by atoms with van der Waals surface area (Å²) in [6.45, 7) is 1.93. The standard InChI is InChI=1S/C14H13ClN4O/c1-8-5-12(13(20-2)6-9(8)15)19-11-3-4-17-7-10(11)18-14(19)16/h3-7H,1-2H3,(H2,16,18). The zero-order valence-electron chi connectivity index (χ0n) is 11.1. The Balaban J connectivity index is 2.36. The summed E-state index contributed by atoms with van der Waals surface area (Å²) in [5.41, 5.74) is 9.39. The molecule has 0 radical (unpaired) electrons. The Kier molecular flexibility index (Phi) is 2.99. The molecule has 0 unspecified atom stereocenters. The Morgan fingerprint density at radius 3 is 2.90 bits per heavy atom. The molecule has 0 saturated heterocycles. The summed E-state index contributed by atoms with van der Waals surface area (Å²) in [4.78, 5) is 8.36. The summed E-state index contributed by atoms with van der Waals surface area (Å²) in [5.74, 6) is 1.02. The van der Waals surface area contributed by atoms with Gasteiger partial charge in [0.2, 0.25) is 5.95 Å². The Morgan fingerprint density at radius 2 is 2.15 bits per heavy atom. The lowest BCUT2D eigenvalue weighted by atomic mass is 10.2. The van der Waals surface area contributed by atoms with E-state index in [1.54, 1.807) is 25.6 Å². The number of aromatic nitrogens is 3. The Hall–Kier alpha value is -2.27. The number of anilines is 1. The molecule has 2 aromatic heterocycles. The number of nitrogens with two attached hydrogens (primary N) is 1. The molecule has 0 saturated carbocycles. The van der Waals surface area contributed by atoms with Crippen molar-refractivity contribution in [3.05, 3.63) is 41.2 Å². The molecule has 20 heavy (non-hydrogen) atoms. The molecule has 0 aliphatic heterocycles. The van der Waals surface area contributed by atoms with Gasteiger partial charge in [0, 0.05) is 17.3 Å². The van der Waals surface area contributed by atoms with E-state index >= 15 is 0 Å². The highest BCUT2D eigenvalue weighted by Crippen LogP contribution is 2.33. The van der Waals surface area contributed by atoms with Gasteiger partial charge in [-0.05, 0) is 24.6 Å². The quantitative estimate of drug-likeness (QED) is 0.787. The van der Waals surface area contributed by atoms with Gasteiger partial charge < -0.3 is 10.5 Å². The largest absolute Gasteiger partial charge is 0.495 e. The first-order chi connectivity index (χ1) is 9.61. The van der Waals surface area contributed by atoms with Gasteiger partial charge in [-0.25, -0.2) is 4.98 Å². The second kappa shape index (κ2) is 4.68. The lowest BCUT2D eigenvalue weighted by Crippen LogP contribution is -2.03. The molecular weight excluding hydrogens is 276 g/mol. The lowest BCUT2D eigenvalue weighted by molar-refractivity contribution is 0.413. The third kappa shape index (κ3) is 1.87. The normalized spacial score (nSPS) is 10.9. The number of pyridine rings is 1. The minimum Gasteiger partial charge on any atom is -0.495 e. The first-order valence-corrected chi connectivity index (χ1v) is 6.42. The van der Waals surface area contributed by atoms with E-state index in [-0.39, 0.29) is 0 Å². The number of nitrogen functional groups attached to an aromatic ring is 1. The molecule has 5 nitrogen and oxygen atoms in total. The molecular formula is C14H13ClN4O. The first kappa shape index (κ1) is 12.7. The average molecular weight is 289 g/mol. The van der Waals surface area contributed by atoms with Crippen molar-refractivity contribution in [1.29, 1.82) is 0 Å². The van der Waals surface area contributed by atoms with E-state index < -0.39 is 0 Å². The second-order valence-corrected chi connectivity index (χ2v) is 4.85. The summed E-state index contributed by atoms with van der Waals surface area (Å²) in [7, 11) is 1.60. The molecule has 0 fully saturated rings. The molecule has 3 rings (SSSR count). The van der Waals surface area contributed by atoms with Gasteiger partial charge in [0.1, 0.15) is 11.3 Å². The molecule has 0 aliphatic carbocycles. The molecule has 2 N–H and O–H groups in total. The molecule has 1 aromatic carbocycles. The minimum atomic E-state index is 0.382. The molecule has 0 atom stereocenters. The minimum absolute atomic E-state index is 0.382. The van der Waals surface area contributed by atoms with Crippen LogP contribution in [0.3, 0.4) is 0 Å². The summed E-state index contributed by atoms with van der Waals surface area (Å²) in [5, 5.41) is 0.648. The molecule has 0 spiro atoms. The Labute approximate surface area is 121 Å². The van der Waals surface area contributed by atoms with Crippen LogP contribution < -0.4 is 10.5 Å². The van der Waals surface area contributed by atoms with E-state index in [1.165, 1.54) is 0 Å². The van der Waals surface area contributed by atoms with Gasteiger partial charge in [-0.1, -0.05) is 11.6 Å². The van der Waals surface area contributed by atoms with Crippen LogP contribution in [0.4, 0.5) is 5.95 Å². The van der Waals surface area contributed by atoms with E-state index in [1.807, 2.05) is 23.6 Å². The van der Waals surface area contributed by atoms with Crippen LogP contribution in [-0.4, -0.2) is 21.6 Å². The van der Waals surface area contributed by atoms with Crippen molar-refractivity contribution < 1.29 is 4.74 Å². The molecule has 6 heteroatoms. The van der Waals surface area contributed by atoms with E-state index in [2.05, 4.69) is 9.97 Å². The zero-order valence-corrected chi connectivity index (χ0v) is 11.8. The number of methoxy groups -OCH3 is 1. The number of benzene rings is 1. The number of rotatable bonds is 2. The maximum absolute atomic E-state index is 6.14. The fraction of sp³-hybridized carbons (Fsp3) is 0.143. The van der Waals surface area contributed by atoms with Crippen LogP contribution in [0, 0.1) is 6.92 Å². The fourth-order valence-corrected chi connectivity index (χ4v) is 2.34. The van der Waals surface area contributed by atoms with E-state index in [4.69, 9.17) is 22.1 Å².